The van der Waals surface area contributed by atoms with Crippen molar-refractivity contribution in [3.8, 4) is 0 Å². The molecule has 0 saturated carbocycles. The molecule has 6 heterocycles. The van der Waals surface area contributed by atoms with E-state index in [0.29, 0.717) is 64.6 Å². The molecule has 23 nitrogen and oxygen atoms in total. The Kier molecular flexibility index (Phi) is 61.7. The van der Waals surface area contributed by atoms with Crippen molar-refractivity contribution in [3.63, 3.8) is 0 Å². The third-order valence-electron chi connectivity index (χ3n) is 17.7. The number of hydrogen-bond acceptors (Lipinski definition) is 21. The first-order valence-corrected chi connectivity index (χ1v) is 37.0. The summed E-state index contributed by atoms with van der Waals surface area (Å²) in [5, 5.41) is 75.9. The predicted octanol–water partition coefficient (Wildman–Crippen LogP) is 8.91. The van der Waals surface area contributed by atoms with Gasteiger partial charge in [0.05, 0.1) is 133 Å². The Bertz CT molecular complexity index is 1730. The summed E-state index contributed by atoms with van der Waals surface area (Å²) in [5.41, 5.74) is -0.815. The fourth-order valence-corrected chi connectivity index (χ4v) is 12.1. The second-order valence-corrected chi connectivity index (χ2v) is 27.0. The van der Waals surface area contributed by atoms with E-state index in [1.807, 2.05) is 36.8 Å². The minimum Gasteiger partial charge on any atom is -0.412 e. The van der Waals surface area contributed by atoms with E-state index in [4.69, 9.17) is 72.2 Å². The van der Waals surface area contributed by atoms with Crippen molar-refractivity contribution in [2.24, 2.45) is 10.8 Å². The van der Waals surface area contributed by atoms with Crippen LogP contribution < -0.4 is 0 Å². The number of hydrogen-bond donors (Lipinski definition) is 8. The first-order chi connectivity index (χ1) is 44.6. The third-order valence-corrected chi connectivity index (χ3v) is 17.7. The van der Waals surface area contributed by atoms with Gasteiger partial charge in [-0.25, -0.2) is 0 Å². The number of carbonyl (C=O) groups is 1. The maximum Gasteiger partial charge on any atom is 0.158 e. The molecular formula is C70H142BO23PV. The summed E-state index contributed by atoms with van der Waals surface area (Å²) in [6.45, 7) is 27.3. The molecule has 20 unspecified atom stereocenters. The molecule has 6 rings (SSSR count). The number of aliphatic hydroxyl groups is 8. The first kappa shape index (κ1) is 100. The molecule has 0 bridgehead atoms. The van der Waals surface area contributed by atoms with Gasteiger partial charge in [0.25, 0.3) is 0 Å². The van der Waals surface area contributed by atoms with Gasteiger partial charge in [-0.15, -0.1) is 0 Å². The van der Waals surface area contributed by atoms with Crippen molar-refractivity contribution in [2.45, 2.75) is 393 Å². The van der Waals surface area contributed by atoms with Crippen LogP contribution in [0.2, 0.25) is 0 Å². The van der Waals surface area contributed by atoms with Gasteiger partial charge in [-0.3, -0.25) is 0 Å². The maximum absolute atomic E-state index is 10.6. The van der Waals surface area contributed by atoms with Crippen LogP contribution in [0.15, 0.2) is 0 Å². The van der Waals surface area contributed by atoms with Gasteiger partial charge >= 0.3 is 0 Å². The molecule has 6 saturated heterocycles. The fraction of sp³-hybridized carbons (Fsp3) is 0.986. The summed E-state index contributed by atoms with van der Waals surface area (Å²) >= 11 is 0. The van der Waals surface area contributed by atoms with Crippen LogP contribution in [-0.2, 0) is 80.2 Å². The first-order valence-electron chi connectivity index (χ1n) is 36.3. The van der Waals surface area contributed by atoms with Gasteiger partial charge in [0, 0.05) is 67.9 Å². The molecule has 0 aromatic rings. The molecule has 0 amide bonds. The van der Waals surface area contributed by atoms with Crippen LogP contribution >= 0.6 is 9.12 Å². The van der Waals surface area contributed by atoms with E-state index in [1.54, 1.807) is 6.92 Å². The van der Waals surface area contributed by atoms with Gasteiger partial charge < -0.3 is 113 Å². The molecule has 0 aromatic carbocycles. The molecule has 20 atom stereocenters. The van der Waals surface area contributed by atoms with Crippen LogP contribution in [0.25, 0.3) is 0 Å². The van der Waals surface area contributed by atoms with Gasteiger partial charge in [-0.05, 0) is 130 Å². The predicted molar refractivity (Wildman–Crippen MR) is 372 cm³/mol. The van der Waals surface area contributed by atoms with Gasteiger partial charge in [0.2, 0.25) is 0 Å². The molecular weight excluding hydrogens is 1300 g/mol. The Labute approximate surface area is 595 Å². The van der Waals surface area contributed by atoms with E-state index in [-0.39, 0.29) is 166 Å². The zero-order valence-electron chi connectivity index (χ0n) is 61.7. The zero-order chi connectivity index (χ0) is 69.8. The van der Waals surface area contributed by atoms with E-state index in [2.05, 4.69) is 63.0 Å². The second-order valence-electron chi connectivity index (χ2n) is 27.0. The monoisotopic (exact) mass is 1440 g/mol. The summed E-state index contributed by atoms with van der Waals surface area (Å²) < 4.78 is 72.1. The molecule has 6 fully saturated rings. The summed E-state index contributed by atoms with van der Waals surface area (Å²) in [6, 6.07) is 0. The van der Waals surface area contributed by atoms with Crippen LogP contribution in [0.5, 0.6) is 0 Å². The minimum absolute atomic E-state index is 0. The summed E-state index contributed by atoms with van der Waals surface area (Å²) in [7, 11) is 6.33. The quantitative estimate of drug-likeness (QED) is 0.0169. The van der Waals surface area contributed by atoms with Gasteiger partial charge in [-0.2, -0.15) is 9.12 Å². The van der Waals surface area contributed by atoms with E-state index in [1.165, 1.54) is 0 Å². The molecule has 0 aliphatic carbocycles. The van der Waals surface area contributed by atoms with Crippen molar-refractivity contribution in [2.75, 3.05) is 39.6 Å². The standard InChI is InChI=1S/C27H50O7.C23H44O7.C10H20O3.C6H14O3.C4H8O.BH2P.2H2O.V/c1-6-9-25-29-19(5)13-21(31-25)15-23-17-24(34-27(33-23)11-8-3)16-22-14-20(12-18(4)28)30-26(32-22)10-7-2;1-5-7-22-27-16(4)10-20(29-22)12-17(25)11-18(26)13-21-14-19(9-15(3)24)28-23(30-21)8-6-2;1-3-5-9-12-7-10(4-2,6-11)8-13-9;1-2-6(3-7,4-8)5-9;1-2-3-4-5;1-2;;;/h18-28H,6-17H2,1-5H3;15-26H,5-14H2,1-4H3;9,11H,3-8H2,1-2H3;7-9H,2-5H2,1H3;4H,2-3H2,1H3;2H2;2*1H2;. The van der Waals surface area contributed by atoms with Gasteiger partial charge in [0.1, 0.15) is 6.29 Å². The average Bonchev–Trinajstić information content (AvgIpc) is 0.935. The number of aliphatic hydroxyl groups excluding tert-OH is 8. The smallest absolute Gasteiger partial charge is 0.158 e. The zero-order valence-corrected chi connectivity index (χ0v) is 64.2. The normalized spacial score (nSPS) is 31.7. The molecule has 0 spiro atoms. The van der Waals surface area contributed by atoms with Crippen LogP contribution in [0.4, 0.5) is 0 Å². The Morgan fingerprint density at radius 2 is 0.750 bits per heavy atom. The van der Waals surface area contributed by atoms with Crippen LogP contribution in [0, 0.1) is 10.8 Å². The molecule has 96 heavy (non-hydrogen) atoms. The van der Waals surface area contributed by atoms with Crippen molar-refractivity contribution in [3.05, 3.63) is 0 Å². The maximum atomic E-state index is 10.6. The second kappa shape index (κ2) is 59.2. The average molecular weight is 1440 g/mol. The summed E-state index contributed by atoms with van der Waals surface area (Å²) in [4.78, 5) is 9.40. The van der Waals surface area contributed by atoms with E-state index in [9.17, 15) is 30.3 Å². The van der Waals surface area contributed by atoms with Crippen molar-refractivity contribution < 1.29 is 132 Å². The third kappa shape index (κ3) is 42.6. The van der Waals surface area contributed by atoms with Crippen molar-refractivity contribution in [1.82, 2.24) is 0 Å². The number of rotatable bonds is 34. The van der Waals surface area contributed by atoms with Crippen molar-refractivity contribution >= 4 is 23.0 Å². The topological polar surface area (TPSA) is 353 Å². The SMILES string of the molecule is CCC(CO)(CO)CO.CCCC1OC(C)CC(CC(O)CC(O)CC2CC(CC(C)O)OC(CCC)O2)O1.CCCC1OC(C)CC(CC2CC(CC3CC(CC(C)O)OC(CCC)O3)OC(CCC)O2)O1.CCCC1OCC(CC)(CO)CO1.CCCC=O.O.O.[B]P.[V]. The van der Waals surface area contributed by atoms with Crippen LogP contribution in [-0.4, -0.2) is 228 Å². The van der Waals surface area contributed by atoms with E-state index < -0.39 is 23.7 Å². The Balaban J connectivity index is -0.00000126. The molecule has 573 valence electrons. The molecule has 26 heteroatoms. The Morgan fingerprint density at radius 1 is 0.458 bits per heavy atom. The number of ether oxygens (including phenoxy) is 12. The van der Waals surface area contributed by atoms with Gasteiger partial charge in [0.15, 0.2) is 37.7 Å². The molecule has 0 aromatic heterocycles. The molecule has 6 aliphatic heterocycles. The van der Waals surface area contributed by atoms with Crippen LogP contribution in [0.1, 0.15) is 270 Å². The van der Waals surface area contributed by atoms with E-state index >= 15 is 0 Å². The van der Waals surface area contributed by atoms with Crippen molar-refractivity contribution in [1.29, 1.82) is 0 Å². The van der Waals surface area contributed by atoms with Crippen LogP contribution in [0.3, 0.4) is 0 Å². The Morgan fingerprint density at radius 3 is 1.03 bits per heavy atom. The Hall–Kier alpha value is -0.131. The number of unbranched alkanes of at least 4 members (excludes halogenated alkanes) is 1. The molecule has 12 N–H and O–H groups in total. The summed E-state index contributed by atoms with van der Waals surface area (Å²) in [5.74, 6) is 0. The fourth-order valence-electron chi connectivity index (χ4n) is 12.1. The van der Waals surface area contributed by atoms with E-state index in [0.717, 1.165) is 135 Å². The number of carbonyl (C=O) groups excluding carboxylic acids is 1. The molecule has 6 aliphatic rings. The van der Waals surface area contributed by atoms with Gasteiger partial charge in [-0.1, -0.05) is 101 Å². The minimum atomic E-state index is -0.667. The number of aldehydes is 1. The largest absolute Gasteiger partial charge is 0.412 e. The molecule has 3 radical (unpaired) electrons. The summed E-state index contributed by atoms with van der Waals surface area (Å²) in [6.07, 6.45) is 21.2.